The lowest BCUT2D eigenvalue weighted by Gasteiger charge is -2.63. The van der Waals surface area contributed by atoms with Crippen LogP contribution >= 0.6 is 11.6 Å². The smallest absolute Gasteiger partial charge is 0.344 e. The zero-order valence-electron chi connectivity index (χ0n) is 35.0. The minimum Gasteiger partial charge on any atom is -0.496 e. The number of fused-ring (bicyclic) bond motifs is 6. The number of halogens is 1. The highest BCUT2D eigenvalue weighted by Crippen LogP contribution is 2.68. The minimum atomic E-state index is -2.29. The van der Waals surface area contributed by atoms with Crippen LogP contribution in [-0.2, 0) is 45.8 Å². The normalized spacial score (nSPS) is 34.4. The number of rotatable bonds is 7. The van der Waals surface area contributed by atoms with Crippen LogP contribution in [0.5, 0.6) is 5.75 Å². The first-order valence-electron chi connectivity index (χ1n) is 20.9. The number of likely N-dealkylation sites (N-methyl/N-ethyl adjacent to an activating group) is 1. The first kappa shape index (κ1) is 40.1. The predicted octanol–water partition coefficient (Wildman–Crippen LogP) is 5.45. The van der Waals surface area contributed by atoms with Crippen molar-refractivity contribution in [3.63, 3.8) is 0 Å². The maximum absolute atomic E-state index is 15.3. The maximum Gasteiger partial charge on any atom is 0.344 e. The van der Waals surface area contributed by atoms with E-state index in [2.05, 4.69) is 46.0 Å². The molecule has 5 aliphatic heterocycles. The lowest BCUT2D eigenvalue weighted by molar-refractivity contribution is -0.228. The molecule has 9 atom stereocenters. The molecule has 0 amide bonds. The lowest BCUT2D eigenvalue weighted by atomic mass is 9.47. The summed E-state index contributed by atoms with van der Waals surface area (Å²) in [4.78, 5) is 53.3. The number of nitrogens with zero attached hydrogens (tertiary/aromatic N) is 3. The number of nitrogens with one attached hydrogen (secondary N) is 1. The predicted molar refractivity (Wildman–Crippen MR) is 224 cm³/mol. The van der Waals surface area contributed by atoms with Crippen LogP contribution in [0.1, 0.15) is 68.8 Å². The van der Waals surface area contributed by atoms with E-state index >= 15 is 4.79 Å². The molecule has 6 aliphatic rings. The number of ether oxygens (including phenoxy) is 4. The van der Waals surface area contributed by atoms with Crippen molar-refractivity contribution in [1.29, 1.82) is 0 Å². The first-order chi connectivity index (χ1) is 28.3. The topological polar surface area (TPSA) is 134 Å². The standard InChI is InChI=1S/C46H55ClN4O8/c1-8-27-19-28-23-45(41(53)57-6,37-30(13-17-50(24-27)25-28)31-20-29(47)11-12-34(31)48-37)33-21-32-35(22-36(33)56-5)49(4)39-44(32)15-18-51-16-10-14-43(9-2,38(44)51)40(59-26(3)52)46(39,55)42(54)58-7/h10-12,14,19-22,28,38-40,48,55H,8-9,13,15-18,23-25H2,1-7H3/t28-,38+,39-,40-,43-,44-,45+,46+/m1/s1. The summed E-state index contributed by atoms with van der Waals surface area (Å²) in [6, 6.07) is 8.68. The van der Waals surface area contributed by atoms with Gasteiger partial charge in [0.05, 0.1) is 27.4 Å². The number of esters is 3. The van der Waals surface area contributed by atoms with E-state index in [0.717, 1.165) is 59.5 Å². The second-order valence-corrected chi connectivity index (χ2v) is 18.1. The Morgan fingerprint density at radius 3 is 2.49 bits per heavy atom. The molecule has 59 heavy (non-hydrogen) atoms. The summed E-state index contributed by atoms with van der Waals surface area (Å²) in [6.45, 7) is 9.29. The Morgan fingerprint density at radius 2 is 1.80 bits per heavy atom. The van der Waals surface area contributed by atoms with E-state index < -0.39 is 51.9 Å². The largest absolute Gasteiger partial charge is 0.496 e. The molecule has 1 saturated carbocycles. The van der Waals surface area contributed by atoms with Crippen molar-refractivity contribution < 1.29 is 38.4 Å². The molecule has 13 heteroatoms. The molecule has 1 spiro atoms. The Bertz CT molecular complexity index is 2320. The number of aromatic amines is 1. The number of aromatic nitrogens is 1. The molecular weight excluding hydrogens is 772 g/mol. The van der Waals surface area contributed by atoms with Gasteiger partial charge in [0.2, 0.25) is 5.60 Å². The van der Waals surface area contributed by atoms with Crippen LogP contribution in [0, 0.1) is 11.3 Å². The number of methoxy groups -OCH3 is 3. The van der Waals surface area contributed by atoms with E-state index in [1.165, 1.54) is 26.7 Å². The summed E-state index contributed by atoms with van der Waals surface area (Å²) in [5.74, 6) is -1.41. The van der Waals surface area contributed by atoms with Crippen LogP contribution in [0.2, 0.25) is 5.02 Å². The van der Waals surface area contributed by atoms with Gasteiger partial charge in [-0.3, -0.25) is 19.4 Å². The Balaban J connectivity index is 1.38. The summed E-state index contributed by atoms with van der Waals surface area (Å²) in [7, 11) is 6.20. The Hall–Kier alpha value is -4.36. The van der Waals surface area contributed by atoms with Crippen molar-refractivity contribution in [1.82, 2.24) is 14.8 Å². The number of hydrogen-bond acceptors (Lipinski definition) is 11. The third-order valence-electron chi connectivity index (χ3n) is 15.1. The van der Waals surface area contributed by atoms with Crippen LogP contribution < -0.4 is 9.64 Å². The average molecular weight is 827 g/mol. The molecule has 1 aromatic heterocycles. The quantitative estimate of drug-likeness (QED) is 0.179. The second kappa shape index (κ2) is 14.1. The van der Waals surface area contributed by atoms with Crippen molar-refractivity contribution in [3.8, 4) is 5.75 Å². The van der Waals surface area contributed by atoms with Gasteiger partial charge in [-0.05, 0) is 80.0 Å². The third kappa shape index (κ3) is 5.28. The van der Waals surface area contributed by atoms with Gasteiger partial charge in [-0.15, -0.1) is 0 Å². The van der Waals surface area contributed by atoms with Gasteiger partial charge in [0.15, 0.2) is 6.10 Å². The van der Waals surface area contributed by atoms with Crippen molar-refractivity contribution in [2.75, 3.05) is 66.0 Å². The fraction of sp³-hybridized carbons (Fsp3) is 0.543. The van der Waals surface area contributed by atoms with E-state index in [1.807, 2.05) is 43.1 Å². The van der Waals surface area contributed by atoms with Gasteiger partial charge < -0.3 is 33.9 Å². The van der Waals surface area contributed by atoms with Crippen molar-refractivity contribution in [2.24, 2.45) is 11.3 Å². The summed E-state index contributed by atoms with van der Waals surface area (Å²) >= 11 is 6.69. The Kier molecular flexibility index (Phi) is 9.58. The van der Waals surface area contributed by atoms with Crippen molar-refractivity contribution >= 4 is 46.1 Å². The van der Waals surface area contributed by atoms with E-state index in [4.69, 9.17) is 30.5 Å². The average Bonchev–Trinajstić information content (AvgIpc) is 3.89. The van der Waals surface area contributed by atoms with Gasteiger partial charge in [-0.1, -0.05) is 49.2 Å². The highest BCUT2D eigenvalue weighted by atomic mass is 35.5. The molecule has 2 fully saturated rings. The van der Waals surface area contributed by atoms with Gasteiger partial charge in [0, 0.05) is 96.0 Å². The molecule has 1 saturated heterocycles. The van der Waals surface area contributed by atoms with Gasteiger partial charge in [-0.2, -0.15) is 0 Å². The van der Waals surface area contributed by atoms with Gasteiger partial charge in [0.25, 0.3) is 0 Å². The van der Waals surface area contributed by atoms with E-state index in [9.17, 15) is 14.7 Å². The van der Waals surface area contributed by atoms with Crippen LogP contribution in [0.25, 0.3) is 10.9 Å². The van der Waals surface area contributed by atoms with Crippen LogP contribution in [0.3, 0.4) is 0 Å². The number of carbonyl (C=O) groups is 3. The van der Waals surface area contributed by atoms with Gasteiger partial charge >= 0.3 is 17.9 Å². The molecule has 9 rings (SSSR count). The number of anilines is 1. The molecular formula is C46H55ClN4O8. The van der Waals surface area contributed by atoms with Crippen LogP contribution in [0.4, 0.5) is 5.69 Å². The number of benzene rings is 2. The maximum atomic E-state index is 15.3. The molecule has 12 nitrogen and oxygen atoms in total. The van der Waals surface area contributed by atoms with Crippen molar-refractivity contribution in [2.45, 2.75) is 87.5 Å². The molecule has 2 bridgehead atoms. The zero-order chi connectivity index (χ0) is 41.8. The molecule has 0 radical (unpaired) electrons. The lowest BCUT2D eigenvalue weighted by Crippen LogP contribution is -2.81. The number of H-pyrrole nitrogens is 1. The fourth-order valence-electron chi connectivity index (χ4n) is 13.1. The number of aliphatic hydroxyl groups is 1. The van der Waals surface area contributed by atoms with Crippen molar-refractivity contribution in [3.05, 3.63) is 81.5 Å². The van der Waals surface area contributed by atoms with E-state index in [-0.39, 0.29) is 12.0 Å². The minimum absolute atomic E-state index is 0.00734. The molecule has 2 N–H and O–H groups in total. The SMILES string of the molecule is CCC1=C[C@H]2CN(CCc3c([nH]c4ccc(Cl)cc34)[C@@](C(=O)OC)(c3cc4c(cc3OC)N(C)[C@H]3[C@@](O)(C(=O)OC)[C@H](OC(C)=O)[C@]5(CC)C=CCN6CC[C@]43[C@@H]65)C2)C1. The molecule has 1 aliphatic carbocycles. The number of hydrogen-bond donors (Lipinski definition) is 2. The highest BCUT2D eigenvalue weighted by molar-refractivity contribution is 6.31. The van der Waals surface area contributed by atoms with Crippen LogP contribution in [-0.4, -0.2) is 123 Å². The van der Waals surface area contributed by atoms with E-state index in [0.29, 0.717) is 55.1 Å². The first-order valence-corrected chi connectivity index (χ1v) is 21.3. The summed E-state index contributed by atoms with van der Waals surface area (Å²) in [6.07, 6.45) is 8.25. The fourth-order valence-corrected chi connectivity index (χ4v) is 13.2. The second-order valence-electron chi connectivity index (χ2n) is 17.6. The highest BCUT2D eigenvalue weighted by Gasteiger charge is 2.80. The van der Waals surface area contributed by atoms with Gasteiger partial charge in [-0.25, -0.2) is 4.79 Å². The molecule has 3 aromatic rings. The molecule has 2 aromatic carbocycles. The molecule has 6 heterocycles. The molecule has 1 unspecified atom stereocenters. The summed E-state index contributed by atoms with van der Waals surface area (Å²) in [5.41, 5.74) is 0.707. The Labute approximate surface area is 350 Å². The van der Waals surface area contributed by atoms with Gasteiger partial charge in [0.1, 0.15) is 11.2 Å². The zero-order valence-corrected chi connectivity index (χ0v) is 35.8. The van der Waals surface area contributed by atoms with Crippen LogP contribution in [0.15, 0.2) is 54.1 Å². The Morgan fingerprint density at radius 1 is 1.02 bits per heavy atom. The summed E-state index contributed by atoms with van der Waals surface area (Å²) < 4.78 is 24.0. The summed E-state index contributed by atoms with van der Waals surface area (Å²) in [5, 5.41) is 14.9. The third-order valence-corrected chi connectivity index (χ3v) is 15.3. The monoisotopic (exact) mass is 826 g/mol. The number of carbonyl (C=O) groups excluding carboxylic acids is 3. The molecule has 314 valence electrons. The van der Waals surface area contributed by atoms with E-state index in [1.54, 1.807) is 7.11 Å².